The Morgan fingerprint density at radius 2 is 1.93 bits per heavy atom. The molecule has 0 aliphatic heterocycles. The molecule has 2 aromatic carbocycles. The van der Waals surface area contributed by atoms with Gasteiger partial charge in [0.25, 0.3) is 0 Å². The minimum Gasteiger partial charge on any atom is -0.455 e. The first-order valence-electron chi connectivity index (χ1n) is 9.38. The van der Waals surface area contributed by atoms with Gasteiger partial charge in [-0.15, -0.1) is 0 Å². The summed E-state index contributed by atoms with van der Waals surface area (Å²) in [5.74, 6) is 2.14. The predicted octanol–water partition coefficient (Wildman–Crippen LogP) is 6.55. The summed E-state index contributed by atoms with van der Waals surface area (Å²) in [4.78, 5) is 0.301. The second kappa shape index (κ2) is 8.61. The van der Waals surface area contributed by atoms with Crippen molar-refractivity contribution >= 4 is 31.8 Å². The molecule has 5 heteroatoms. The van der Waals surface area contributed by atoms with E-state index in [0.717, 1.165) is 16.9 Å². The largest absolute Gasteiger partial charge is 0.455 e. The number of aryl methyl sites for hydroxylation is 1. The van der Waals surface area contributed by atoms with Crippen molar-refractivity contribution in [2.75, 3.05) is 5.75 Å². The molecule has 0 N–H and O–H groups in total. The molecule has 2 aromatic rings. The third-order valence-corrected chi connectivity index (χ3v) is 7.40. The van der Waals surface area contributed by atoms with Crippen LogP contribution in [-0.4, -0.2) is 14.2 Å². The fraction of sp³-hybridized carbons (Fsp3) is 0.364. The normalized spacial score (nSPS) is 15.5. The molecule has 0 bridgehead atoms. The van der Waals surface area contributed by atoms with Gasteiger partial charge in [0.2, 0.25) is 0 Å². The Bertz CT molecular complexity index is 942. The highest BCUT2D eigenvalue weighted by molar-refractivity contribution is 9.10. The molecule has 0 amide bonds. The fourth-order valence-electron chi connectivity index (χ4n) is 3.37. The Morgan fingerprint density at radius 3 is 2.59 bits per heavy atom. The summed E-state index contributed by atoms with van der Waals surface area (Å²) in [6.45, 7) is 3.66. The summed E-state index contributed by atoms with van der Waals surface area (Å²) < 4.78 is 31.0. The van der Waals surface area contributed by atoms with Crippen molar-refractivity contribution in [1.82, 2.24) is 0 Å². The molecule has 1 fully saturated rings. The van der Waals surface area contributed by atoms with Crippen LogP contribution in [0.5, 0.6) is 11.5 Å². The van der Waals surface area contributed by atoms with Gasteiger partial charge in [-0.2, -0.15) is 0 Å². The van der Waals surface area contributed by atoms with Crippen molar-refractivity contribution < 1.29 is 13.2 Å². The Labute approximate surface area is 170 Å². The maximum absolute atomic E-state index is 12.1. The van der Waals surface area contributed by atoms with E-state index in [2.05, 4.69) is 34.1 Å². The molecule has 0 heterocycles. The van der Waals surface area contributed by atoms with E-state index in [-0.39, 0.29) is 5.75 Å². The average Bonchev–Trinajstić information content (AvgIpc) is 3.17. The fourth-order valence-corrected chi connectivity index (χ4v) is 4.89. The highest BCUT2D eigenvalue weighted by atomic mass is 79.9. The summed E-state index contributed by atoms with van der Waals surface area (Å²) in [7, 11) is -3.24. The number of sulfone groups is 1. The van der Waals surface area contributed by atoms with Crippen molar-refractivity contribution in [2.24, 2.45) is 5.92 Å². The summed E-state index contributed by atoms with van der Waals surface area (Å²) in [6.07, 6.45) is 9.59. The molecule has 1 saturated carbocycles. The van der Waals surface area contributed by atoms with Gasteiger partial charge in [-0.1, -0.05) is 50.1 Å². The van der Waals surface area contributed by atoms with Gasteiger partial charge in [-0.3, -0.25) is 0 Å². The van der Waals surface area contributed by atoms with Gasteiger partial charge < -0.3 is 4.74 Å². The number of para-hydroxylation sites is 1. The number of benzene rings is 2. The first-order chi connectivity index (χ1) is 12.9. The molecule has 1 aliphatic rings. The van der Waals surface area contributed by atoms with E-state index in [9.17, 15) is 8.42 Å². The Kier molecular flexibility index (Phi) is 6.43. The SMILES string of the molecule is CCS(=O)(=O)c1ccc(Oc2c(C)cccc2/C=C/C2CCCC2)c(Br)c1. The highest BCUT2D eigenvalue weighted by Gasteiger charge is 2.16. The molecule has 0 radical (unpaired) electrons. The Balaban J connectivity index is 1.89. The zero-order chi connectivity index (χ0) is 19.4. The van der Waals surface area contributed by atoms with Crippen LogP contribution >= 0.6 is 15.9 Å². The van der Waals surface area contributed by atoms with E-state index < -0.39 is 9.84 Å². The Morgan fingerprint density at radius 1 is 1.19 bits per heavy atom. The topological polar surface area (TPSA) is 43.4 Å². The first-order valence-corrected chi connectivity index (χ1v) is 11.8. The van der Waals surface area contributed by atoms with E-state index in [1.165, 1.54) is 25.7 Å². The molecule has 0 aromatic heterocycles. The van der Waals surface area contributed by atoms with Crippen molar-refractivity contribution in [2.45, 2.75) is 44.4 Å². The molecular weight excluding hydrogens is 424 g/mol. The van der Waals surface area contributed by atoms with Crippen LogP contribution in [0.3, 0.4) is 0 Å². The van der Waals surface area contributed by atoms with Crippen LogP contribution in [0, 0.1) is 12.8 Å². The zero-order valence-corrected chi connectivity index (χ0v) is 18.1. The molecule has 0 spiro atoms. The first kappa shape index (κ1) is 20.2. The summed E-state index contributed by atoms with van der Waals surface area (Å²) >= 11 is 3.46. The van der Waals surface area contributed by atoms with Crippen LogP contribution in [0.15, 0.2) is 51.8 Å². The number of hydrogen-bond acceptors (Lipinski definition) is 3. The monoisotopic (exact) mass is 448 g/mol. The minimum absolute atomic E-state index is 0.0769. The van der Waals surface area contributed by atoms with Gasteiger partial charge in [-0.05, 0) is 65.4 Å². The van der Waals surface area contributed by atoms with Gasteiger partial charge >= 0.3 is 0 Å². The van der Waals surface area contributed by atoms with E-state index in [1.807, 2.05) is 19.1 Å². The molecule has 3 nitrogen and oxygen atoms in total. The lowest BCUT2D eigenvalue weighted by Crippen LogP contribution is -2.03. The lowest BCUT2D eigenvalue weighted by molar-refractivity contribution is 0.474. The van der Waals surface area contributed by atoms with E-state index >= 15 is 0 Å². The number of allylic oxidation sites excluding steroid dienone is 1. The third kappa shape index (κ3) is 4.82. The van der Waals surface area contributed by atoms with Gasteiger partial charge in [0, 0.05) is 5.56 Å². The summed E-state index contributed by atoms with van der Waals surface area (Å²) in [5, 5.41) is 0. The number of hydrogen-bond donors (Lipinski definition) is 0. The summed E-state index contributed by atoms with van der Waals surface area (Å²) in [6, 6.07) is 11.0. The molecule has 144 valence electrons. The molecule has 3 rings (SSSR count). The minimum atomic E-state index is -3.24. The lowest BCUT2D eigenvalue weighted by atomic mass is 10.0. The van der Waals surface area contributed by atoms with Gasteiger partial charge in [0.15, 0.2) is 9.84 Å². The van der Waals surface area contributed by atoms with Crippen LogP contribution in [0.4, 0.5) is 0 Å². The summed E-state index contributed by atoms with van der Waals surface area (Å²) in [5.41, 5.74) is 2.08. The standard InChI is InChI=1S/C22H25BrO3S/c1-3-27(24,25)19-13-14-21(20(23)15-19)26-22-16(2)7-6-10-18(22)12-11-17-8-4-5-9-17/h6-7,10-15,17H,3-5,8-9H2,1-2H3/b12-11+. The van der Waals surface area contributed by atoms with Gasteiger partial charge in [0.1, 0.15) is 11.5 Å². The van der Waals surface area contributed by atoms with Crippen molar-refractivity contribution in [1.29, 1.82) is 0 Å². The molecular formula is C22H25BrO3S. The average molecular weight is 449 g/mol. The van der Waals surface area contributed by atoms with Crippen molar-refractivity contribution in [3.05, 3.63) is 58.1 Å². The van der Waals surface area contributed by atoms with Crippen LogP contribution in [0.25, 0.3) is 6.08 Å². The lowest BCUT2D eigenvalue weighted by Gasteiger charge is -2.14. The van der Waals surface area contributed by atoms with Crippen molar-refractivity contribution in [3.8, 4) is 11.5 Å². The van der Waals surface area contributed by atoms with Gasteiger partial charge in [0.05, 0.1) is 15.1 Å². The molecule has 27 heavy (non-hydrogen) atoms. The van der Waals surface area contributed by atoms with Crippen LogP contribution in [-0.2, 0) is 9.84 Å². The van der Waals surface area contributed by atoms with Crippen LogP contribution < -0.4 is 4.74 Å². The third-order valence-electron chi connectivity index (χ3n) is 5.04. The van der Waals surface area contributed by atoms with Gasteiger partial charge in [-0.25, -0.2) is 8.42 Å². The number of rotatable bonds is 6. The second-order valence-electron chi connectivity index (χ2n) is 6.99. The predicted molar refractivity (Wildman–Crippen MR) is 114 cm³/mol. The smallest absolute Gasteiger partial charge is 0.178 e. The Hall–Kier alpha value is -1.59. The van der Waals surface area contributed by atoms with Crippen LogP contribution in [0.2, 0.25) is 0 Å². The molecule has 0 saturated heterocycles. The van der Waals surface area contributed by atoms with Crippen LogP contribution in [0.1, 0.15) is 43.7 Å². The molecule has 0 atom stereocenters. The van der Waals surface area contributed by atoms with E-state index in [0.29, 0.717) is 21.0 Å². The second-order valence-corrected chi connectivity index (χ2v) is 10.1. The highest BCUT2D eigenvalue weighted by Crippen LogP contribution is 2.36. The number of ether oxygens (including phenoxy) is 1. The quantitative estimate of drug-likeness (QED) is 0.503. The maximum atomic E-state index is 12.1. The maximum Gasteiger partial charge on any atom is 0.178 e. The van der Waals surface area contributed by atoms with E-state index in [1.54, 1.807) is 25.1 Å². The van der Waals surface area contributed by atoms with E-state index in [4.69, 9.17) is 4.74 Å². The number of halogens is 1. The zero-order valence-electron chi connectivity index (χ0n) is 15.7. The molecule has 0 unspecified atom stereocenters. The van der Waals surface area contributed by atoms with Crippen molar-refractivity contribution in [3.63, 3.8) is 0 Å². The molecule has 1 aliphatic carbocycles.